The van der Waals surface area contributed by atoms with Crippen molar-refractivity contribution < 1.29 is 9.53 Å². The van der Waals surface area contributed by atoms with Crippen LogP contribution in [0.2, 0.25) is 5.15 Å². The zero-order chi connectivity index (χ0) is 16.9. The number of nitrogens with zero attached hydrogens (tertiary/aromatic N) is 3. The Morgan fingerprint density at radius 2 is 2.04 bits per heavy atom. The Labute approximate surface area is 143 Å². The van der Waals surface area contributed by atoms with Crippen LogP contribution in [0.15, 0.2) is 41.4 Å². The van der Waals surface area contributed by atoms with Crippen LogP contribution in [0, 0.1) is 0 Å². The van der Waals surface area contributed by atoms with Crippen LogP contribution in [0.25, 0.3) is 0 Å². The Hall–Kier alpha value is -2.67. The van der Waals surface area contributed by atoms with Crippen LogP contribution < -0.4 is 11.1 Å². The summed E-state index contributed by atoms with van der Waals surface area (Å²) in [6, 6.07) is 11.1. The number of amidine groups is 1. The van der Waals surface area contributed by atoms with Gasteiger partial charge in [-0.05, 0) is 42.7 Å². The molecule has 0 radical (unpaired) electrons. The number of aliphatic imine (C=N–C) groups is 1. The van der Waals surface area contributed by atoms with Gasteiger partial charge in [-0.15, -0.1) is 10.2 Å². The molecule has 1 aromatic carbocycles. The van der Waals surface area contributed by atoms with Gasteiger partial charge >= 0.3 is 0 Å². The van der Waals surface area contributed by atoms with Crippen LogP contribution in [0.3, 0.4) is 0 Å². The number of nitrogens with one attached hydrogen (secondary N) is 1. The van der Waals surface area contributed by atoms with E-state index >= 15 is 0 Å². The Bertz CT molecular complexity index is 746. The van der Waals surface area contributed by atoms with Crippen LogP contribution in [-0.2, 0) is 11.2 Å². The van der Waals surface area contributed by atoms with E-state index in [4.69, 9.17) is 22.1 Å². The SMILES string of the molecule is NC1=N[C@@H](CCc2ccc(NC(=O)c3ccc(Cl)nn3)cc2)CO1. The fourth-order valence-corrected chi connectivity index (χ4v) is 2.40. The van der Waals surface area contributed by atoms with Crippen molar-refractivity contribution >= 4 is 29.2 Å². The third-order valence-corrected chi connectivity index (χ3v) is 3.78. The summed E-state index contributed by atoms with van der Waals surface area (Å²) in [6.45, 7) is 0.544. The van der Waals surface area contributed by atoms with E-state index in [-0.39, 0.29) is 28.8 Å². The van der Waals surface area contributed by atoms with Gasteiger partial charge in [-0.1, -0.05) is 23.7 Å². The third kappa shape index (κ3) is 4.20. The van der Waals surface area contributed by atoms with Gasteiger partial charge in [0.05, 0.1) is 6.04 Å². The number of aromatic nitrogens is 2. The molecule has 2 heterocycles. The molecule has 0 spiro atoms. The van der Waals surface area contributed by atoms with Gasteiger partial charge in [0.15, 0.2) is 10.8 Å². The lowest BCUT2D eigenvalue weighted by atomic mass is 10.1. The fourth-order valence-electron chi connectivity index (χ4n) is 2.30. The summed E-state index contributed by atoms with van der Waals surface area (Å²) in [4.78, 5) is 16.2. The highest BCUT2D eigenvalue weighted by Gasteiger charge is 2.16. The number of aryl methyl sites for hydroxylation is 1. The van der Waals surface area contributed by atoms with Gasteiger partial charge in [0.2, 0.25) is 0 Å². The van der Waals surface area contributed by atoms with Crippen LogP contribution in [0.4, 0.5) is 5.69 Å². The molecule has 0 aliphatic carbocycles. The van der Waals surface area contributed by atoms with Crippen molar-refractivity contribution in [3.63, 3.8) is 0 Å². The zero-order valence-corrected chi connectivity index (χ0v) is 13.5. The monoisotopic (exact) mass is 345 g/mol. The standard InChI is InChI=1S/C16H16ClN5O2/c17-14-8-7-13(21-22-14)15(23)19-11-4-1-10(2-5-11)3-6-12-9-24-16(18)20-12/h1-2,4-5,7-8,12H,3,6,9H2,(H2,18,20)(H,19,23)/t12-/m0/s1. The largest absolute Gasteiger partial charge is 0.463 e. The summed E-state index contributed by atoms with van der Waals surface area (Å²) in [5.41, 5.74) is 7.54. The molecule has 1 amide bonds. The Morgan fingerprint density at radius 3 is 2.67 bits per heavy atom. The molecule has 1 atom stereocenters. The number of benzene rings is 1. The van der Waals surface area contributed by atoms with E-state index < -0.39 is 0 Å². The zero-order valence-electron chi connectivity index (χ0n) is 12.8. The lowest BCUT2D eigenvalue weighted by Crippen LogP contribution is -2.14. The van der Waals surface area contributed by atoms with E-state index in [0.717, 1.165) is 18.4 Å². The molecule has 3 rings (SSSR count). The lowest BCUT2D eigenvalue weighted by Gasteiger charge is -2.07. The minimum atomic E-state index is -0.333. The Kier molecular flexibility index (Phi) is 4.90. The summed E-state index contributed by atoms with van der Waals surface area (Å²) >= 11 is 5.65. The van der Waals surface area contributed by atoms with E-state index in [9.17, 15) is 4.79 Å². The number of carbonyl (C=O) groups excluding carboxylic acids is 1. The number of nitrogens with two attached hydrogens (primary N) is 1. The normalized spacial score (nSPS) is 16.4. The summed E-state index contributed by atoms with van der Waals surface area (Å²) in [5, 5.41) is 10.4. The van der Waals surface area contributed by atoms with Gasteiger partial charge in [0, 0.05) is 5.69 Å². The highest BCUT2D eigenvalue weighted by molar-refractivity contribution is 6.29. The Balaban J connectivity index is 1.54. The average molecular weight is 346 g/mol. The first-order valence-corrected chi connectivity index (χ1v) is 7.83. The van der Waals surface area contributed by atoms with Crippen LogP contribution >= 0.6 is 11.6 Å². The number of amides is 1. The van der Waals surface area contributed by atoms with Gasteiger partial charge in [0.1, 0.15) is 6.61 Å². The second-order valence-electron chi connectivity index (χ2n) is 5.36. The van der Waals surface area contributed by atoms with E-state index in [1.165, 1.54) is 12.1 Å². The smallest absolute Gasteiger partial charge is 0.282 e. The molecule has 24 heavy (non-hydrogen) atoms. The molecule has 3 N–H and O–H groups in total. The molecule has 1 aromatic heterocycles. The van der Waals surface area contributed by atoms with Gasteiger partial charge in [-0.2, -0.15) is 0 Å². The van der Waals surface area contributed by atoms with Gasteiger partial charge < -0.3 is 15.8 Å². The summed E-state index contributed by atoms with van der Waals surface area (Å²) in [5.74, 6) is -0.333. The van der Waals surface area contributed by atoms with Gasteiger partial charge in [0.25, 0.3) is 11.9 Å². The van der Waals surface area contributed by atoms with Crippen molar-refractivity contribution in [1.82, 2.24) is 10.2 Å². The van der Waals surface area contributed by atoms with Crippen LogP contribution in [0.5, 0.6) is 0 Å². The lowest BCUT2D eigenvalue weighted by molar-refractivity contribution is 0.102. The second kappa shape index (κ2) is 7.27. The number of anilines is 1. The van der Waals surface area contributed by atoms with Crippen molar-refractivity contribution in [2.45, 2.75) is 18.9 Å². The average Bonchev–Trinajstić information content (AvgIpc) is 3.00. The maximum absolute atomic E-state index is 12.0. The molecule has 7 nitrogen and oxygen atoms in total. The molecule has 1 aliphatic heterocycles. The maximum Gasteiger partial charge on any atom is 0.282 e. The first-order valence-electron chi connectivity index (χ1n) is 7.46. The molecule has 2 aromatic rings. The van der Waals surface area contributed by atoms with Crippen molar-refractivity contribution in [2.75, 3.05) is 11.9 Å². The van der Waals surface area contributed by atoms with Gasteiger partial charge in [-0.25, -0.2) is 4.99 Å². The molecule has 0 bridgehead atoms. The Morgan fingerprint density at radius 1 is 1.25 bits per heavy atom. The minimum Gasteiger partial charge on any atom is -0.463 e. The summed E-state index contributed by atoms with van der Waals surface area (Å²) in [7, 11) is 0. The number of rotatable bonds is 5. The van der Waals surface area contributed by atoms with E-state index in [0.29, 0.717) is 12.3 Å². The number of ether oxygens (including phenoxy) is 1. The van der Waals surface area contributed by atoms with Crippen molar-refractivity contribution in [2.24, 2.45) is 10.7 Å². The molecular weight excluding hydrogens is 330 g/mol. The summed E-state index contributed by atoms with van der Waals surface area (Å²) < 4.78 is 5.13. The number of hydrogen-bond donors (Lipinski definition) is 2. The van der Waals surface area contributed by atoms with Crippen LogP contribution in [0.1, 0.15) is 22.5 Å². The fraction of sp³-hybridized carbons (Fsp3) is 0.250. The van der Waals surface area contributed by atoms with Crippen molar-refractivity contribution in [3.8, 4) is 0 Å². The molecule has 0 unspecified atom stereocenters. The first-order chi connectivity index (χ1) is 11.6. The van der Waals surface area contributed by atoms with Crippen molar-refractivity contribution in [1.29, 1.82) is 0 Å². The predicted molar refractivity (Wildman–Crippen MR) is 91.1 cm³/mol. The molecule has 124 valence electrons. The van der Waals surface area contributed by atoms with Crippen molar-refractivity contribution in [3.05, 3.63) is 52.8 Å². The third-order valence-electron chi connectivity index (χ3n) is 3.58. The molecule has 1 aliphatic rings. The molecular formula is C16H16ClN5O2. The number of halogens is 1. The molecule has 0 saturated carbocycles. The first kappa shape index (κ1) is 16.2. The van der Waals surface area contributed by atoms with Crippen LogP contribution in [-0.4, -0.2) is 34.8 Å². The highest BCUT2D eigenvalue weighted by atomic mass is 35.5. The molecule has 8 heteroatoms. The van der Waals surface area contributed by atoms with Gasteiger partial charge in [-0.3, -0.25) is 4.79 Å². The predicted octanol–water partition coefficient (Wildman–Crippen LogP) is 2.03. The van der Waals surface area contributed by atoms with E-state index in [2.05, 4.69) is 20.5 Å². The number of carbonyl (C=O) groups is 1. The van der Waals surface area contributed by atoms with E-state index in [1.54, 1.807) is 0 Å². The van der Waals surface area contributed by atoms with E-state index in [1.807, 2.05) is 24.3 Å². The maximum atomic E-state index is 12.0. The molecule has 0 saturated heterocycles. The minimum absolute atomic E-state index is 0.118. The number of hydrogen-bond acceptors (Lipinski definition) is 6. The second-order valence-corrected chi connectivity index (χ2v) is 5.75. The summed E-state index contributed by atoms with van der Waals surface area (Å²) in [6.07, 6.45) is 1.73. The highest BCUT2D eigenvalue weighted by Crippen LogP contribution is 2.15. The quantitative estimate of drug-likeness (QED) is 0.863. The molecule has 0 fully saturated rings. The topological polar surface area (TPSA) is 102 Å².